The van der Waals surface area contributed by atoms with Gasteiger partial charge in [-0.3, -0.25) is 0 Å². The van der Waals surface area contributed by atoms with Crippen LogP contribution in [0.15, 0.2) is 0 Å². The van der Waals surface area contributed by atoms with Gasteiger partial charge in [-0.15, -0.1) is 0 Å². The molecule has 0 spiro atoms. The average molecular weight is 118 g/mol. The summed E-state index contributed by atoms with van der Waals surface area (Å²) < 4.78 is 4.76. The summed E-state index contributed by atoms with van der Waals surface area (Å²) in [6.07, 6.45) is 0.00662. The van der Waals surface area contributed by atoms with Crippen LogP contribution >= 0.6 is 0 Å². The molecule has 48 valence electrons. The quantitative estimate of drug-likeness (QED) is 0.473. The highest BCUT2D eigenvalue weighted by Gasteiger charge is 2.30. The van der Waals surface area contributed by atoms with Gasteiger partial charge >= 0.3 is 0 Å². The largest absolute Gasteiger partial charge is 0.396 e. The van der Waals surface area contributed by atoms with Gasteiger partial charge in [-0.25, -0.2) is 0 Å². The molecule has 1 fully saturated rings. The number of rotatable bonds is 3. The predicted molar refractivity (Wildman–Crippen MR) is 27.4 cm³/mol. The van der Waals surface area contributed by atoms with Gasteiger partial charge in [0.25, 0.3) is 0 Å². The summed E-state index contributed by atoms with van der Waals surface area (Å²) in [5, 5.41) is 17.2. The monoisotopic (exact) mass is 118 g/mol. The molecule has 0 aliphatic carbocycles. The molecule has 0 bridgehead atoms. The van der Waals surface area contributed by atoms with Crippen LogP contribution in [0.5, 0.6) is 0 Å². The molecule has 0 radical (unpaired) electrons. The molecule has 1 aliphatic heterocycles. The lowest BCUT2D eigenvalue weighted by Gasteiger charge is -2.01. The third kappa shape index (κ3) is 1.43. The molecule has 0 aromatic carbocycles. The van der Waals surface area contributed by atoms with Crippen LogP contribution in [0.25, 0.3) is 0 Å². The molecule has 2 unspecified atom stereocenters. The first-order valence-electron chi connectivity index (χ1n) is 2.75. The zero-order chi connectivity index (χ0) is 5.98. The summed E-state index contributed by atoms with van der Waals surface area (Å²) >= 11 is 0. The zero-order valence-electron chi connectivity index (χ0n) is 4.58. The Kier molecular flexibility index (Phi) is 1.83. The first-order valence-corrected chi connectivity index (χ1v) is 2.75. The SMILES string of the molecule is OCCC(O)C1CO1. The van der Waals surface area contributed by atoms with Gasteiger partial charge in [0.1, 0.15) is 6.10 Å². The molecule has 3 nitrogen and oxygen atoms in total. The molecule has 0 amide bonds. The summed E-state index contributed by atoms with van der Waals surface area (Å²) in [6, 6.07) is 0. The van der Waals surface area contributed by atoms with Crippen LogP contribution in [-0.2, 0) is 4.74 Å². The highest BCUT2D eigenvalue weighted by molar-refractivity contribution is 4.77. The van der Waals surface area contributed by atoms with Crippen molar-refractivity contribution in [3.63, 3.8) is 0 Å². The molecule has 1 aliphatic rings. The van der Waals surface area contributed by atoms with Crippen LogP contribution < -0.4 is 0 Å². The summed E-state index contributed by atoms with van der Waals surface area (Å²) in [5.74, 6) is 0. The van der Waals surface area contributed by atoms with E-state index in [9.17, 15) is 0 Å². The summed E-state index contributed by atoms with van der Waals surface area (Å²) in [4.78, 5) is 0. The van der Waals surface area contributed by atoms with Crippen LogP contribution in [0.4, 0.5) is 0 Å². The Morgan fingerprint density at radius 2 is 2.38 bits per heavy atom. The number of ether oxygens (including phenoxy) is 1. The summed E-state index contributed by atoms with van der Waals surface area (Å²) in [7, 11) is 0. The third-order valence-corrected chi connectivity index (χ3v) is 1.21. The van der Waals surface area contributed by atoms with Crippen molar-refractivity contribution in [2.24, 2.45) is 0 Å². The molecule has 3 heteroatoms. The van der Waals surface area contributed by atoms with E-state index in [1.165, 1.54) is 0 Å². The van der Waals surface area contributed by atoms with Gasteiger partial charge < -0.3 is 14.9 Å². The molecule has 0 aromatic rings. The lowest BCUT2D eigenvalue weighted by molar-refractivity contribution is 0.103. The molecule has 1 heterocycles. The van der Waals surface area contributed by atoms with E-state index >= 15 is 0 Å². The second kappa shape index (κ2) is 2.44. The van der Waals surface area contributed by atoms with E-state index in [1.807, 2.05) is 0 Å². The van der Waals surface area contributed by atoms with Gasteiger partial charge in [-0.05, 0) is 6.42 Å². The fourth-order valence-electron chi connectivity index (χ4n) is 0.596. The molecule has 0 aromatic heterocycles. The Morgan fingerprint density at radius 3 is 2.75 bits per heavy atom. The van der Waals surface area contributed by atoms with Crippen molar-refractivity contribution in [1.82, 2.24) is 0 Å². The number of aliphatic hydroxyl groups excluding tert-OH is 2. The van der Waals surface area contributed by atoms with Crippen LogP contribution in [0.2, 0.25) is 0 Å². The Morgan fingerprint density at radius 1 is 1.75 bits per heavy atom. The van der Waals surface area contributed by atoms with E-state index in [1.54, 1.807) is 0 Å². The van der Waals surface area contributed by atoms with Crippen LogP contribution in [-0.4, -0.2) is 35.6 Å². The second-order valence-electron chi connectivity index (χ2n) is 1.95. The second-order valence-corrected chi connectivity index (χ2v) is 1.95. The van der Waals surface area contributed by atoms with E-state index in [2.05, 4.69) is 0 Å². The number of hydrogen-bond acceptors (Lipinski definition) is 3. The van der Waals surface area contributed by atoms with E-state index in [0.717, 1.165) is 0 Å². The van der Waals surface area contributed by atoms with Crippen molar-refractivity contribution in [2.45, 2.75) is 18.6 Å². The van der Waals surface area contributed by atoms with Crippen molar-refractivity contribution in [1.29, 1.82) is 0 Å². The fourth-order valence-corrected chi connectivity index (χ4v) is 0.596. The fraction of sp³-hybridized carbons (Fsp3) is 1.00. The maximum Gasteiger partial charge on any atom is 0.107 e. The van der Waals surface area contributed by atoms with Gasteiger partial charge in [-0.2, -0.15) is 0 Å². The normalized spacial score (nSPS) is 30.0. The predicted octanol–water partition coefficient (Wildman–Crippen LogP) is -0.872. The van der Waals surface area contributed by atoms with Crippen molar-refractivity contribution in [2.75, 3.05) is 13.2 Å². The number of hydrogen-bond donors (Lipinski definition) is 2. The Balaban J connectivity index is 2.03. The maximum atomic E-state index is 8.90. The van der Waals surface area contributed by atoms with Gasteiger partial charge in [-0.1, -0.05) is 0 Å². The first kappa shape index (κ1) is 6.01. The van der Waals surface area contributed by atoms with E-state index < -0.39 is 6.10 Å². The van der Waals surface area contributed by atoms with E-state index in [0.29, 0.717) is 13.0 Å². The molecular weight excluding hydrogens is 108 g/mol. The van der Waals surface area contributed by atoms with Gasteiger partial charge in [0.05, 0.1) is 12.7 Å². The van der Waals surface area contributed by atoms with Crippen molar-refractivity contribution in [3.05, 3.63) is 0 Å². The van der Waals surface area contributed by atoms with Crippen LogP contribution in [0.1, 0.15) is 6.42 Å². The van der Waals surface area contributed by atoms with Crippen LogP contribution in [0.3, 0.4) is 0 Å². The molecule has 8 heavy (non-hydrogen) atoms. The lowest BCUT2D eigenvalue weighted by atomic mass is 10.2. The minimum Gasteiger partial charge on any atom is -0.396 e. The minimum atomic E-state index is -0.444. The molecule has 2 N–H and O–H groups in total. The molecular formula is C5H10O3. The zero-order valence-corrected chi connectivity index (χ0v) is 4.58. The van der Waals surface area contributed by atoms with E-state index in [-0.39, 0.29) is 12.7 Å². The van der Waals surface area contributed by atoms with Crippen molar-refractivity contribution >= 4 is 0 Å². The van der Waals surface area contributed by atoms with Crippen molar-refractivity contribution < 1.29 is 14.9 Å². The highest BCUT2D eigenvalue weighted by Crippen LogP contribution is 2.15. The minimum absolute atomic E-state index is 0.0159. The molecule has 1 saturated heterocycles. The molecule has 2 atom stereocenters. The summed E-state index contributed by atoms with van der Waals surface area (Å²) in [5.41, 5.74) is 0. The highest BCUT2D eigenvalue weighted by atomic mass is 16.6. The average Bonchev–Trinajstić information content (AvgIpc) is 2.45. The van der Waals surface area contributed by atoms with Crippen molar-refractivity contribution in [3.8, 4) is 0 Å². The maximum absolute atomic E-state index is 8.90. The van der Waals surface area contributed by atoms with E-state index in [4.69, 9.17) is 14.9 Å². The Bertz CT molecular complexity index is 70.1. The Labute approximate surface area is 47.9 Å². The lowest BCUT2D eigenvalue weighted by Crippen LogP contribution is -2.15. The Hall–Kier alpha value is -0.120. The van der Waals surface area contributed by atoms with Gasteiger partial charge in [0.2, 0.25) is 0 Å². The third-order valence-electron chi connectivity index (χ3n) is 1.21. The van der Waals surface area contributed by atoms with Gasteiger partial charge in [0.15, 0.2) is 0 Å². The smallest absolute Gasteiger partial charge is 0.107 e. The topological polar surface area (TPSA) is 53.0 Å². The van der Waals surface area contributed by atoms with Crippen LogP contribution in [0, 0.1) is 0 Å². The number of epoxide rings is 1. The van der Waals surface area contributed by atoms with Gasteiger partial charge in [0, 0.05) is 6.61 Å². The first-order chi connectivity index (χ1) is 3.84. The summed E-state index contributed by atoms with van der Waals surface area (Å²) in [6.45, 7) is 0.697. The number of aliphatic hydroxyl groups is 2. The molecule has 1 rings (SSSR count). The molecule has 0 saturated carbocycles. The standard InChI is InChI=1S/C5H10O3/c6-2-1-4(7)5-3-8-5/h4-7H,1-3H2.